The summed E-state index contributed by atoms with van der Waals surface area (Å²) in [6.07, 6.45) is 2.73. The van der Waals surface area contributed by atoms with E-state index in [-0.39, 0.29) is 11.6 Å². The lowest BCUT2D eigenvalue weighted by Gasteiger charge is -2.19. The van der Waals surface area contributed by atoms with E-state index >= 15 is 0 Å². The lowest BCUT2D eigenvalue weighted by molar-refractivity contribution is 0.744. The van der Waals surface area contributed by atoms with Crippen LogP contribution < -0.4 is 10.9 Å². The van der Waals surface area contributed by atoms with E-state index in [0.29, 0.717) is 0 Å². The highest BCUT2D eigenvalue weighted by Crippen LogP contribution is 2.24. The first kappa shape index (κ1) is 13.7. The lowest BCUT2D eigenvalue weighted by atomic mass is 10.0. The van der Waals surface area contributed by atoms with Gasteiger partial charge in [-0.3, -0.25) is 4.79 Å². The zero-order chi connectivity index (χ0) is 13.8. The fourth-order valence-corrected chi connectivity index (χ4v) is 2.22. The SMILES string of the molecule is CCC(Nc1ccc(=O)n(C)c1)c1cccc(Cl)c1. The first-order valence-corrected chi connectivity index (χ1v) is 6.66. The van der Waals surface area contributed by atoms with E-state index in [1.807, 2.05) is 18.2 Å². The number of pyridine rings is 1. The van der Waals surface area contributed by atoms with Crippen molar-refractivity contribution in [2.75, 3.05) is 5.32 Å². The van der Waals surface area contributed by atoms with Gasteiger partial charge in [-0.2, -0.15) is 0 Å². The molecular weight excluding hydrogens is 260 g/mol. The molecular formula is C15H17ClN2O. The molecule has 0 aliphatic carbocycles. The topological polar surface area (TPSA) is 34.0 Å². The van der Waals surface area contributed by atoms with E-state index in [0.717, 1.165) is 22.7 Å². The van der Waals surface area contributed by atoms with Crippen LogP contribution in [0.1, 0.15) is 24.9 Å². The highest BCUT2D eigenvalue weighted by atomic mass is 35.5. The molecule has 1 heterocycles. The average Bonchev–Trinajstić information content (AvgIpc) is 2.40. The van der Waals surface area contributed by atoms with Gasteiger partial charge >= 0.3 is 0 Å². The second-order valence-electron chi connectivity index (χ2n) is 4.53. The molecule has 0 aliphatic heterocycles. The third-order valence-corrected chi connectivity index (χ3v) is 3.32. The molecule has 1 aromatic carbocycles. The van der Waals surface area contributed by atoms with E-state index < -0.39 is 0 Å². The van der Waals surface area contributed by atoms with Crippen LogP contribution in [0.2, 0.25) is 5.02 Å². The first-order valence-electron chi connectivity index (χ1n) is 6.29. The molecule has 0 aliphatic rings. The summed E-state index contributed by atoms with van der Waals surface area (Å²) >= 11 is 6.02. The highest BCUT2D eigenvalue weighted by molar-refractivity contribution is 6.30. The minimum Gasteiger partial charge on any atom is -0.377 e. The predicted molar refractivity (Wildman–Crippen MR) is 79.8 cm³/mol. The Balaban J connectivity index is 2.23. The fourth-order valence-electron chi connectivity index (χ4n) is 2.02. The van der Waals surface area contributed by atoms with E-state index in [4.69, 9.17) is 11.6 Å². The number of nitrogens with one attached hydrogen (secondary N) is 1. The Kier molecular flexibility index (Phi) is 4.27. The van der Waals surface area contributed by atoms with Gasteiger partial charge in [0.15, 0.2) is 0 Å². The van der Waals surface area contributed by atoms with Crippen molar-refractivity contribution in [1.29, 1.82) is 0 Å². The Hall–Kier alpha value is -1.74. The smallest absolute Gasteiger partial charge is 0.250 e. The summed E-state index contributed by atoms with van der Waals surface area (Å²) in [7, 11) is 1.74. The van der Waals surface area contributed by atoms with Crippen LogP contribution in [0.15, 0.2) is 47.4 Å². The summed E-state index contributed by atoms with van der Waals surface area (Å²) in [6, 6.07) is 11.4. The van der Waals surface area contributed by atoms with Crippen LogP contribution in [0.4, 0.5) is 5.69 Å². The van der Waals surface area contributed by atoms with Gasteiger partial charge in [-0.15, -0.1) is 0 Å². The molecule has 1 N–H and O–H groups in total. The van der Waals surface area contributed by atoms with E-state index in [2.05, 4.69) is 18.3 Å². The van der Waals surface area contributed by atoms with Crippen molar-refractivity contribution in [3.63, 3.8) is 0 Å². The molecule has 1 unspecified atom stereocenters. The fraction of sp³-hybridized carbons (Fsp3) is 0.267. The third kappa shape index (κ3) is 3.38. The predicted octanol–water partition coefficient (Wildman–Crippen LogP) is 3.60. The number of anilines is 1. The average molecular weight is 277 g/mol. The molecule has 3 nitrogen and oxygen atoms in total. The molecule has 0 saturated carbocycles. The molecule has 100 valence electrons. The van der Waals surface area contributed by atoms with Gasteiger partial charge in [-0.1, -0.05) is 30.7 Å². The van der Waals surface area contributed by atoms with Crippen LogP contribution in [0.25, 0.3) is 0 Å². The zero-order valence-electron chi connectivity index (χ0n) is 11.1. The Morgan fingerprint density at radius 3 is 2.74 bits per heavy atom. The maximum absolute atomic E-state index is 11.4. The van der Waals surface area contributed by atoms with Crippen LogP contribution in [0.5, 0.6) is 0 Å². The molecule has 19 heavy (non-hydrogen) atoms. The summed E-state index contributed by atoms with van der Waals surface area (Å²) < 4.78 is 1.56. The molecule has 0 radical (unpaired) electrons. The zero-order valence-corrected chi connectivity index (χ0v) is 11.8. The quantitative estimate of drug-likeness (QED) is 0.926. The van der Waals surface area contributed by atoms with Crippen molar-refractivity contribution in [3.8, 4) is 0 Å². The van der Waals surface area contributed by atoms with Crippen molar-refractivity contribution in [2.45, 2.75) is 19.4 Å². The van der Waals surface area contributed by atoms with Crippen LogP contribution in [0.3, 0.4) is 0 Å². The molecule has 1 aromatic heterocycles. The van der Waals surface area contributed by atoms with Gasteiger partial charge in [0.1, 0.15) is 0 Å². The summed E-state index contributed by atoms with van der Waals surface area (Å²) in [6.45, 7) is 2.11. The van der Waals surface area contributed by atoms with Crippen molar-refractivity contribution in [3.05, 3.63) is 63.5 Å². The number of halogens is 1. The summed E-state index contributed by atoms with van der Waals surface area (Å²) in [5.74, 6) is 0. The lowest BCUT2D eigenvalue weighted by Crippen LogP contribution is -2.17. The molecule has 0 spiro atoms. The second-order valence-corrected chi connectivity index (χ2v) is 4.96. The third-order valence-electron chi connectivity index (χ3n) is 3.09. The first-order chi connectivity index (χ1) is 9.10. The summed E-state index contributed by atoms with van der Waals surface area (Å²) in [5.41, 5.74) is 2.05. The largest absolute Gasteiger partial charge is 0.377 e. The number of hydrogen-bond acceptors (Lipinski definition) is 2. The van der Waals surface area contributed by atoms with E-state index in [1.54, 1.807) is 29.9 Å². The van der Waals surface area contributed by atoms with Crippen molar-refractivity contribution >= 4 is 17.3 Å². The van der Waals surface area contributed by atoms with Gasteiger partial charge in [0, 0.05) is 24.3 Å². The maximum Gasteiger partial charge on any atom is 0.250 e. The Morgan fingerprint density at radius 1 is 1.32 bits per heavy atom. The van der Waals surface area contributed by atoms with Gasteiger partial charge in [0.2, 0.25) is 5.56 Å². The van der Waals surface area contributed by atoms with Gasteiger partial charge in [-0.05, 0) is 30.2 Å². The monoisotopic (exact) mass is 276 g/mol. The number of rotatable bonds is 4. The summed E-state index contributed by atoms with van der Waals surface area (Å²) in [5, 5.41) is 4.16. The number of nitrogens with zero attached hydrogens (tertiary/aromatic N) is 1. The van der Waals surface area contributed by atoms with E-state index in [1.165, 1.54) is 0 Å². The number of aryl methyl sites for hydroxylation is 1. The van der Waals surface area contributed by atoms with Gasteiger partial charge in [0.25, 0.3) is 0 Å². The van der Waals surface area contributed by atoms with Gasteiger partial charge in [0.05, 0.1) is 11.7 Å². The van der Waals surface area contributed by atoms with Crippen LogP contribution >= 0.6 is 11.6 Å². The Bertz CT molecular complexity index is 622. The Labute approximate surface area is 117 Å². The van der Waals surface area contributed by atoms with Crippen molar-refractivity contribution in [1.82, 2.24) is 4.57 Å². The molecule has 0 amide bonds. The van der Waals surface area contributed by atoms with Gasteiger partial charge in [-0.25, -0.2) is 0 Å². The van der Waals surface area contributed by atoms with Gasteiger partial charge < -0.3 is 9.88 Å². The standard InChI is InChI=1S/C15H17ClN2O/c1-3-14(11-5-4-6-12(16)9-11)17-13-7-8-15(19)18(2)10-13/h4-10,14,17H,3H2,1-2H3. The van der Waals surface area contributed by atoms with Crippen LogP contribution in [-0.4, -0.2) is 4.57 Å². The highest BCUT2D eigenvalue weighted by Gasteiger charge is 2.09. The molecule has 2 aromatic rings. The Morgan fingerprint density at radius 2 is 2.11 bits per heavy atom. The molecule has 0 bridgehead atoms. The van der Waals surface area contributed by atoms with E-state index in [9.17, 15) is 4.79 Å². The second kappa shape index (κ2) is 5.93. The minimum atomic E-state index is -0.0126. The minimum absolute atomic E-state index is 0.0126. The van der Waals surface area contributed by atoms with Crippen LogP contribution in [-0.2, 0) is 7.05 Å². The summed E-state index contributed by atoms with van der Waals surface area (Å²) in [4.78, 5) is 11.4. The number of benzene rings is 1. The molecule has 2 rings (SSSR count). The van der Waals surface area contributed by atoms with Crippen LogP contribution in [0, 0.1) is 0 Å². The normalized spacial score (nSPS) is 12.2. The molecule has 0 fully saturated rings. The van der Waals surface area contributed by atoms with Crippen molar-refractivity contribution in [2.24, 2.45) is 7.05 Å². The molecule has 0 saturated heterocycles. The van der Waals surface area contributed by atoms with Crippen molar-refractivity contribution < 1.29 is 0 Å². The maximum atomic E-state index is 11.4. The molecule has 4 heteroatoms. The number of aromatic nitrogens is 1. The number of hydrogen-bond donors (Lipinski definition) is 1. The molecule has 1 atom stereocenters.